The molecule has 0 bridgehead atoms. The number of nitrogens with zero attached hydrogens (tertiary/aromatic N) is 5. The van der Waals surface area contributed by atoms with Crippen molar-refractivity contribution >= 4 is 17.6 Å². The Balaban J connectivity index is 1.07. The van der Waals surface area contributed by atoms with Crippen LogP contribution in [0.5, 0.6) is 0 Å². The van der Waals surface area contributed by atoms with Crippen LogP contribution in [0.15, 0.2) is 72.9 Å². The normalized spacial score (nSPS) is 16.4. The van der Waals surface area contributed by atoms with Crippen LogP contribution < -0.4 is 0 Å². The summed E-state index contributed by atoms with van der Waals surface area (Å²) in [5.41, 5.74) is 3.36. The number of likely N-dealkylation sites (tertiary alicyclic amines) is 1. The number of carbonyl (C=O) groups excluding carboxylic acids is 3. The highest BCUT2D eigenvalue weighted by molar-refractivity contribution is 5.97. The molecular weight excluding hydrogens is 502 g/mol. The Labute approximate surface area is 234 Å². The van der Waals surface area contributed by atoms with Crippen molar-refractivity contribution in [2.24, 2.45) is 5.92 Å². The number of benzene rings is 2. The molecule has 2 aliphatic heterocycles. The van der Waals surface area contributed by atoms with E-state index in [4.69, 9.17) is 5.26 Å². The molecule has 2 amide bonds. The van der Waals surface area contributed by atoms with Gasteiger partial charge in [-0.15, -0.1) is 0 Å². The summed E-state index contributed by atoms with van der Waals surface area (Å²) < 4.78 is 0. The predicted molar refractivity (Wildman–Crippen MR) is 151 cm³/mol. The van der Waals surface area contributed by atoms with Crippen LogP contribution in [0.2, 0.25) is 0 Å². The molecule has 0 saturated carbocycles. The van der Waals surface area contributed by atoms with Crippen LogP contribution in [-0.4, -0.2) is 76.5 Å². The summed E-state index contributed by atoms with van der Waals surface area (Å²) in [4.78, 5) is 48.8. The van der Waals surface area contributed by atoms with Crippen molar-refractivity contribution in [1.29, 1.82) is 5.26 Å². The van der Waals surface area contributed by atoms with Gasteiger partial charge in [-0.25, -0.2) is 0 Å². The smallest absolute Gasteiger partial charge is 0.255 e. The number of ketones is 1. The molecule has 2 aliphatic rings. The molecule has 2 aromatic carbocycles. The largest absolute Gasteiger partial charge is 0.335 e. The monoisotopic (exact) mass is 535 g/mol. The summed E-state index contributed by atoms with van der Waals surface area (Å²) in [6.07, 6.45) is 3.87. The second kappa shape index (κ2) is 12.7. The van der Waals surface area contributed by atoms with E-state index in [1.807, 2.05) is 42.5 Å². The van der Waals surface area contributed by atoms with Gasteiger partial charge in [0.15, 0.2) is 5.78 Å². The lowest BCUT2D eigenvalue weighted by molar-refractivity contribution is 0.0535. The van der Waals surface area contributed by atoms with Gasteiger partial charge in [0.05, 0.1) is 17.2 Å². The third-order valence-electron chi connectivity index (χ3n) is 7.84. The van der Waals surface area contributed by atoms with Gasteiger partial charge in [0.2, 0.25) is 0 Å². The Kier molecular flexibility index (Phi) is 8.62. The minimum atomic E-state index is -0.132. The number of amides is 2. The SMILES string of the molecule is N#Cc1ccc(CN2CCC(CC(=O)c3ccc(C(=O)N4CCN(C(=O)c5ccccc5)CC4)cn3)CC2)cc1. The standard InChI is InChI=1S/C32H33N5O3/c33-21-25-6-8-26(9-7-25)23-35-14-12-24(13-15-35)20-30(38)29-11-10-28(22-34-29)32(40)37-18-16-36(17-19-37)31(39)27-4-2-1-3-5-27/h1-11,22,24H,12-20,23H2. The molecule has 2 saturated heterocycles. The van der Waals surface area contributed by atoms with Gasteiger partial charge in [-0.2, -0.15) is 5.26 Å². The fraction of sp³-hybridized carbons (Fsp3) is 0.344. The Morgan fingerprint density at radius 2 is 1.40 bits per heavy atom. The molecule has 0 spiro atoms. The Hall–Kier alpha value is -4.35. The highest BCUT2D eigenvalue weighted by Gasteiger charge is 2.26. The van der Waals surface area contributed by atoms with E-state index >= 15 is 0 Å². The number of carbonyl (C=O) groups is 3. The molecule has 1 aromatic heterocycles. The van der Waals surface area contributed by atoms with Crippen LogP contribution in [0, 0.1) is 17.2 Å². The molecule has 0 aliphatic carbocycles. The summed E-state index contributed by atoms with van der Waals surface area (Å²) in [5.74, 6) is 0.183. The van der Waals surface area contributed by atoms with E-state index in [1.54, 1.807) is 34.1 Å². The average molecular weight is 536 g/mol. The molecule has 3 heterocycles. The van der Waals surface area contributed by atoms with Gasteiger partial charge < -0.3 is 9.80 Å². The molecule has 204 valence electrons. The maximum Gasteiger partial charge on any atom is 0.255 e. The zero-order valence-corrected chi connectivity index (χ0v) is 22.5. The average Bonchev–Trinajstić information content (AvgIpc) is 3.02. The van der Waals surface area contributed by atoms with Crippen molar-refractivity contribution < 1.29 is 14.4 Å². The molecule has 0 radical (unpaired) electrons. The zero-order valence-electron chi connectivity index (χ0n) is 22.5. The van der Waals surface area contributed by atoms with E-state index in [1.165, 1.54) is 11.8 Å². The first-order valence-electron chi connectivity index (χ1n) is 13.8. The van der Waals surface area contributed by atoms with Crippen molar-refractivity contribution in [1.82, 2.24) is 19.7 Å². The van der Waals surface area contributed by atoms with Crippen LogP contribution in [0.25, 0.3) is 0 Å². The topological polar surface area (TPSA) is 97.6 Å². The highest BCUT2D eigenvalue weighted by Crippen LogP contribution is 2.24. The first kappa shape index (κ1) is 27.2. The van der Waals surface area contributed by atoms with Gasteiger partial charge in [-0.3, -0.25) is 24.3 Å². The van der Waals surface area contributed by atoms with Crippen LogP contribution in [0.3, 0.4) is 0 Å². The van der Waals surface area contributed by atoms with Crippen LogP contribution in [0.1, 0.15) is 61.6 Å². The van der Waals surface area contributed by atoms with Crippen LogP contribution in [-0.2, 0) is 6.54 Å². The van der Waals surface area contributed by atoms with E-state index in [2.05, 4.69) is 16.0 Å². The zero-order chi connectivity index (χ0) is 27.9. The molecule has 2 fully saturated rings. The first-order valence-corrected chi connectivity index (χ1v) is 13.8. The lowest BCUT2D eigenvalue weighted by Gasteiger charge is -2.34. The lowest BCUT2D eigenvalue weighted by Crippen LogP contribution is -2.50. The fourth-order valence-electron chi connectivity index (χ4n) is 5.40. The van der Waals surface area contributed by atoms with Crippen molar-refractivity contribution in [2.45, 2.75) is 25.8 Å². The predicted octanol–water partition coefficient (Wildman–Crippen LogP) is 4.04. The van der Waals surface area contributed by atoms with Gasteiger partial charge in [-0.05, 0) is 73.8 Å². The minimum Gasteiger partial charge on any atom is -0.335 e. The highest BCUT2D eigenvalue weighted by atomic mass is 16.2. The van der Waals surface area contributed by atoms with Crippen LogP contribution >= 0.6 is 0 Å². The second-order valence-corrected chi connectivity index (χ2v) is 10.5. The molecule has 0 N–H and O–H groups in total. The van der Waals surface area contributed by atoms with Gasteiger partial charge in [0.1, 0.15) is 5.69 Å². The third kappa shape index (κ3) is 6.61. The molecule has 3 aromatic rings. The first-order chi connectivity index (χ1) is 19.5. The maximum absolute atomic E-state index is 13.0. The summed E-state index contributed by atoms with van der Waals surface area (Å²) in [7, 11) is 0. The summed E-state index contributed by atoms with van der Waals surface area (Å²) >= 11 is 0. The quantitative estimate of drug-likeness (QED) is 0.424. The van der Waals surface area contributed by atoms with Crippen molar-refractivity contribution in [3.05, 3.63) is 101 Å². The number of aromatic nitrogens is 1. The number of piperidine rings is 1. The molecule has 0 atom stereocenters. The second-order valence-electron chi connectivity index (χ2n) is 10.5. The van der Waals surface area contributed by atoms with Crippen molar-refractivity contribution in [3.8, 4) is 6.07 Å². The van der Waals surface area contributed by atoms with Gasteiger partial charge >= 0.3 is 0 Å². The number of piperazine rings is 1. The number of rotatable bonds is 7. The Morgan fingerprint density at radius 1 is 0.775 bits per heavy atom. The molecular formula is C32H33N5O3. The minimum absolute atomic E-state index is 0.0116. The third-order valence-corrected chi connectivity index (χ3v) is 7.84. The molecule has 8 nitrogen and oxygen atoms in total. The van der Waals surface area contributed by atoms with E-state index in [-0.39, 0.29) is 17.6 Å². The number of hydrogen-bond acceptors (Lipinski definition) is 6. The van der Waals surface area contributed by atoms with Gasteiger partial charge in [0, 0.05) is 50.9 Å². The van der Waals surface area contributed by atoms with E-state index < -0.39 is 0 Å². The molecule has 0 unspecified atom stereocenters. The van der Waals surface area contributed by atoms with E-state index in [0.717, 1.165) is 32.5 Å². The fourth-order valence-corrected chi connectivity index (χ4v) is 5.40. The summed E-state index contributed by atoms with van der Waals surface area (Å²) in [6, 6.07) is 22.4. The number of Topliss-reactive ketones (excluding diaryl/α,β-unsaturated/α-hetero) is 1. The Morgan fingerprint density at radius 3 is 1.98 bits per heavy atom. The molecule has 5 rings (SSSR count). The van der Waals surface area contributed by atoms with Gasteiger partial charge in [0.25, 0.3) is 11.8 Å². The lowest BCUT2D eigenvalue weighted by atomic mass is 9.90. The van der Waals surface area contributed by atoms with Crippen LogP contribution in [0.4, 0.5) is 0 Å². The van der Waals surface area contributed by atoms with Gasteiger partial charge in [-0.1, -0.05) is 30.3 Å². The Bertz CT molecular complexity index is 1370. The van der Waals surface area contributed by atoms with Crippen molar-refractivity contribution in [3.63, 3.8) is 0 Å². The van der Waals surface area contributed by atoms with Crippen molar-refractivity contribution in [2.75, 3.05) is 39.3 Å². The van der Waals surface area contributed by atoms with E-state index in [9.17, 15) is 14.4 Å². The molecule has 40 heavy (non-hydrogen) atoms. The summed E-state index contributed by atoms with van der Waals surface area (Å²) in [6.45, 7) is 4.60. The molecule has 8 heteroatoms. The number of nitriles is 1. The summed E-state index contributed by atoms with van der Waals surface area (Å²) in [5, 5.41) is 8.96. The number of hydrogen-bond donors (Lipinski definition) is 0. The van der Waals surface area contributed by atoms with E-state index in [0.29, 0.717) is 60.9 Å². The maximum atomic E-state index is 13.0. The number of pyridine rings is 1.